The second kappa shape index (κ2) is 9.11. The van der Waals surface area contributed by atoms with Crippen LogP contribution in [0.1, 0.15) is 24.8 Å². The van der Waals surface area contributed by atoms with Crippen molar-refractivity contribution >= 4 is 10.8 Å². The average molecular weight is 270 g/mol. The Morgan fingerprint density at radius 3 is 2.72 bits per heavy atom. The molecular weight excluding hydrogens is 248 g/mol. The van der Waals surface area contributed by atoms with Gasteiger partial charge in [-0.05, 0) is 43.9 Å². The smallest absolute Gasteiger partial charge is 0.119 e. The van der Waals surface area contributed by atoms with Gasteiger partial charge in [-0.25, -0.2) is 0 Å². The normalized spacial score (nSPS) is 12.3. The molecule has 0 fully saturated rings. The van der Waals surface area contributed by atoms with Crippen LogP contribution >= 0.6 is 0 Å². The highest BCUT2D eigenvalue weighted by Crippen LogP contribution is 2.12. The number of aliphatic hydroxyl groups excluding tert-OH is 1. The van der Waals surface area contributed by atoms with Gasteiger partial charge >= 0.3 is 0 Å². The molecule has 102 valence electrons. The number of unbranched alkanes of at least 4 members (excludes halogenated alkanes) is 1. The van der Waals surface area contributed by atoms with Crippen LogP contribution in [0.15, 0.2) is 24.3 Å². The van der Waals surface area contributed by atoms with E-state index in [2.05, 4.69) is 0 Å². The monoisotopic (exact) mass is 270 g/mol. The minimum atomic E-state index is -0.787. The highest BCUT2D eigenvalue weighted by atomic mass is 32.2. The molecule has 0 amide bonds. The van der Waals surface area contributed by atoms with E-state index in [1.807, 2.05) is 31.2 Å². The molecule has 0 spiro atoms. The summed E-state index contributed by atoms with van der Waals surface area (Å²) >= 11 is 0. The van der Waals surface area contributed by atoms with E-state index in [0.717, 1.165) is 18.6 Å². The van der Waals surface area contributed by atoms with E-state index in [1.54, 1.807) is 0 Å². The fraction of sp³-hybridized carbons (Fsp3) is 0.571. The van der Waals surface area contributed by atoms with Gasteiger partial charge in [0.05, 0.1) is 6.61 Å². The maximum Gasteiger partial charge on any atom is 0.119 e. The van der Waals surface area contributed by atoms with E-state index in [9.17, 15) is 4.21 Å². The van der Waals surface area contributed by atoms with Crippen molar-refractivity contribution in [3.63, 3.8) is 0 Å². The number of aliphatic hydroxyl groups is 1. The maximum atomic E-state index is 11.4. The summed E-state index contributed by atoms with van der Waals surface area (Å²) in [7, 11) is -0.787. The van der Waals surface area contributed by atoms with E-state index < -0.39 is 10.8 Å². The van der Waals surface area contributed by atoms with Gasteiger partial charge in [-0.2, -0.15) is 0 Å². The molecule has 1 unspecified atom stereocenters. The van der Waals surface area contributed by atoms with E-state index in [4.69, 9.17) is 9.84 Å². The van der Waals surface area contributed by atoms with Gasteiger partial charge in [0.15, 0.2) is 0 Å². The first-order chi connectivity index (χ1) is 8.72. The second-order valence-electron chi connectivity index (χ2n) is 4.30. The van der Waals surface area contributed by atoms with Gasteiger partial charge in [0.25, 0.3) is 0 Å². The molecule has 0 saturated heterocycles. The summed E-state index contributed by atoms with van der Waals surface area (Å²) in [5.74, 6) is 2.21. The van der Waals surface area contributed by atoms with Gasteiger partial charge in [-0.15, -0.1) is 0 Å². The lowest BCUT2D eigenvalue weighted by Crippen LogP contribution is -2.06. The van der Waals surface area contributed by atoms with Gasteiger partial charge < -0.3 is 9.84 Å². The molecule has 1 N–H and O–H groups in total. The van der Waals surface area contributed by atoms with Crippen molar-refractivity contribution in [2.24, 2.45) is 0 Å². The molecule has 0 aromatic heterocycles. The quantitative estimate of drug-likeness (QED) is 0.700. The van der Waals surface area contributed by atoms with Gasteiger partial charge in [0.1, 0.15) is 5.75 Å². The van der Waals surface area contributed by atoms with E-state index >= 15 is 0 Å². The molecule has 0 heterocycles. The topological polar surface area (TPSA) is 46.5 Å². The van der Waals surface area contributed by atoms with Crippen LogP contribution in [0.25, 0.3) is 0 Å². The van der Waals surface area contributed by atoms with Crippen molar-refractivity contribution in [2.45, 2.75) is 26.2 Å². The number of benzene rings is 1. The molecule has 18 heavy (non-hydrogen) atoms. The molecule has 4 heteroatoms. The SMILES string of the molecule is Cc1cccc(OCCCCS(=O)CCCO)c1. The summed E-state index contributed by atoms with van der Waals surface area (Å²) in [6.07, 6.45) is 2.45. The van der Waals surface area contributed by atoms with Crippen molar-refractivity contribution in [2.75, 3.05) is 24.7 Å². The third-order valence-corrected chi connectivity index (χ3v) is 4.04. The zero-order valence-corrected chi connectivity index (χ0v) is 11.7. The number of hydrogen-bond acceptors (Lipinski definition) is 3. The standard InChI is InChI=1S/C14H22O3S/c1-13-6-4-7-14(12-13)17-9-2-3-10-18(16)11-5-8-15/h4,6-7,12,15H,2-3,5,8-11H2,1H3. The Bertz CT molecular complexity index is 366. The van der Waals surface area contributed by atoms with Gasteiger partial charge in [-0.1, -0.05) is 12.1 Å². The van der Waals surface area contributed by atoms with Crippen LogP contribution in [-0.4, -0.2) is 34.0 Å². The Morgan fingerprint density at radius 1 is 1.22 bits per heavy atom. The second-order valence-corrected chi connectivity index (χ2v) is 5.99. The summed E-state index contributed by atoms with van der Waals surface area (Å²) in [5, 5.41) is 8.62. The molecule has 3 nitrogen and oxygen atoms in total. The maximum absolute atomic E-state index is 11.4. The number of rotatable bonds is 9. The predicted octanol–water partition coefficient (Wildman–Crippen LogP) is 2.29. The molecule has 0 saturated carbocycles. The molecule has 0 aliphatic rings. The third kappa shape index (κ3) is 6.77. The van der Waals surface area contributed by atoms with Crippen LogP contribution in [-0.2, 0) is 10.8 Å². The molecule has 1 rings (SSSR count). The lowest BCUT2D eigenvalue weighted by Gasteiger charge is -2.06. The molecule has 1 aromatic rings. The first-order valence-electron chi connectivity index (χ1n) is 6.37. The summed E-state index contributed by atoms with van der Waals surface area (Å²) in [4.78, 5) is 0. The van der Waals surface area contributed by atoms with Crippen LogP contribution in [0.2, 0.25) is 0 Å². The molecule has 0 aliphatic carbocycles. The average Bonchev–Trinajstić information content (AvgIpc) is 2.36. The predicted molar refractivity (Wildman–Crippen MR) is 75.5 cm³/mol. The van der Waals surface area contributed by atoms with E-state index in [1.165, 1.54) is 5.56 Å². The lowest BCUT2D eigenvalue weighted by molar-refractivity contribution is 0.295. The Kier molecular flexibility index (Phi) is 7.69. The van der Waals surface area contributed by atoms with E-state index in [-0.39, 0.29) is 6.61 Å². The number of hydrogen-bond donors (Lipinski definition) is 1. The van der Waals surface area contributed by atoms with Crippen molar-refractivity contribution in [1.29, 1.82) is 0 Å². The highest BCUT2D eigenvalue weighted by Gasteiger charge is 1.99. The minimum Gasteiger partial charge on any atom is -0.494 e. The van der Waals surface area contributed by atoms with Crippen LogP contribution in [0, 0.1) is 6.92 Å². The third-order valence-electron chi connectivity index (χ3n) is 2.55. The summed E-state index contributed by atoms with van der Waals surface area (Å²) < 4.78 is 17.0. The van der Waals surface area contributed by atoms with E-state index in [0.29, 0.717) is 24.5 Å². The molecular formula is C14H22O3S. The Hall–Kier alpha value is -0.870. The number of ether oxygens (including phenoxy) is 1. The van der Waals surface area contributed by atoms with Crippen molar-refractivity contribution in [3.8, 4) is 5.75 Å². The summed E-state index contributed by atoms with van der Waals surface area (Å²) in [6, 6.07) is 7.98. The van der Waals surface area contributed by atoms with Crippen molar-refractivity contribution in [3.05, 3.63) is 29.8 Å². The lowest BCUT2D eigenvalue weighted by atomic mass is 10.2. The highest BCUT2D eigenvalue weighted by molar-refractivity contribution is 7.84. The van der Waals surface area contributed by atoms with Crippen LogP contribution < -0.4 is 4.74 Å². The Labute approximate surface area is 112 Å². The zero-order chi connectivity index (χ0) is 13.2. The van der Waals surface area contributed by atoms with Gasteiger partial charge in [0.2, 0.25) is 0 Å². The van der Waals surface area contributed by atoms with Crippen molar-refractivity contribution < 1.29 is 14.1 Å². The fourth-order valence-electron chi connectivity index (χ4n) is 1.59. The van der Waals surface area contributed by atoms with Gasteiger partial charge in [0, 0.05) is 28.9 Å². The minimum absolute atomic E-state index is 0.127. The number of aryl methyl sites for hydroxylation is 1. The summed E-state index contributed by atoms with van der Waals surface area (Å²) in [6.45, 7) is 2.83. The van der Waals surface area contributed by atoms with Crippen LogP contribution in [0.3, 0.4) is 0 Å². The largest absolute Gasteiger partial charge is 0.494 e. The van der Waals surface area contributed by atoms with Crippen LogP contribution in [0.5, 0.6) is 5.75 Å². The summed E-state index contributed by atoms with van der Waals surface area (Å²) in [5.41, 5.74) is 1.19. The Balaban J connectivity index is 2.07. The first kappa shape index (κ1) is 15.2. The molecule has 0 bridgehead atoms. The van der Waals surface area contributed by atoms with Crippen molar-refractivity contribution in [1.82, 2.24) is 0 Å². The molecule has 0 radical (unpaired) electrons. The Morgan fingerprint density at radius 2 is 2.00 bits per heavy atom. The van der Waals surface area contributed by atoms with Crippen LogP contribution in [0.4, 0.5) is 0 Å². The van der Waals surface area contributed by atoms with Gasteiger partial charge in [-0.3, -0.25) is 4.21 Å². The molecule has 0 aliphatic heterocycles. The fourth-order valence-corrected chi connectivity index (χ4v) is 2.77. The first-order valence-corrected chi connectivity index (χ1v) is 7.86. The molecule has 1 aromatic carbocycles. The zero-order valence-electron chi connectivity index (χ0n) is 10.9. The molecule has 1 atom stereocenters.